The van der Waals surface area contributed by atoms with Crippen LogP contribution in [0.2, 0.25) is 0 Å². The lowest BCUT2D eigenvalue weighted by Gasteiger charge is -2.15. The highest BCUT2D eigenvalue weighted by molar-refractivity contribution is 6.07. The van der Waals surface area contributed by atoms with Gasteiger partial charge in [0.05, 0.1) is 13.2 Å². The third kappa shape index (κ3) is 6.38. The minimum Gasteiger partial charge on any atom is -0.493 e. The monoisotopic (exact) mass is 397 g/mol. The number of amides is 1. The average Bonchev–Trinajstić information content (AvgIpc) is 2.70. The number of carbonyl (C=O) groups is 2. The molecule has 0 N–H and O–H groups in total. The van der Waals surface area contributed by atoms with Gasteiger partial charge in [-0.25, -0.2) is 0 Å². The van der Waals surface area contributed by atoms with Crippen LogP contribution in [0, 0.1) is 0 Å². The lowest BCUT2D eigenvalue weighted by Crippen LogP contribution is -2.27. The first-order chi connectivity index (χ1) is 13.8. The minimum atomic E-state index is -0.153. The van der Waals surface area contributed by atoms with Gasteiger partial charge in [0.25, 0.3) is 5.91 Å². The number of methoxy groups -OCH3 is 1. The molecule has 0 unspecified atom stereocenters. The van der Waals surface area contributed by atoms with Crippen LogP contribution in [0.3, 0.4) is 0 Å². The highest BCUT2D eigenvalue weighted by Gasteiger charge is 2.11. The van der Waals surface area contributed by atoms with E-state index in [1.165, 1.54) is 11.0 Å². The topological polar surface area (TPSA) is 65.1 Å². The molecule has 154 valence electrons. The smallest absolute Gasteiger partial charge is 0.259 e. The summed E-state index contributed by atoms with van der Waals surface area (Å²) in [5.74, 6) is 1.46. The molecule has 0 saturated heterocycles. The van der Waals surface area contributed by atoms with E-state index in [2.05, 4.69) is 0 Å². The molecule has 0 aliphatic carbocycles. The van der Waals surface area contributed by atoms with E-state index in [0.717, 1.165) is 5.56 Å². The van der Waals surface area contributed by atoms with E-state index in [4.69, 9.17) is 14.2 Å². The van der Waals surface area contributed by atoms with Crippen molar-refractivity contribution in [2.45, 2.75) is 20.0 Å². The number of hydrogen-bond donors (Lipinski definition) is 0. The van der Waals surface area contributed by atoms with Gasteiger partial charge in [0.1, 0.15) is 5.75 Å². The van der Waals surface area contributed by atoms with Crippen molar-refractivity contribution in [3.8, 4) is 17.2 Å². The zero-order valence-corrected chi connectivity index (χ0v) is 17.5. The van der Waals surface area contributed by atoms with Crippen LogP contribution in [0.1, 0.15) is 29.8 Å². The summed E-state index contributed by atoms with van der Waals surface area (Å²) in [7, 11) is 4.91. The van der Waals surface area contributed by atoms with Crippen LogP contribution in [0.15, 0.2) is 48.5 Å². The first kappa shape index (κ1) is 22.0. The summed E-state index contributed by atoms with van der Waals surface area (Å²) < 4.78 is 16.6. The third-order valence-electron chi connectivity index (χ3n) is 4.00. The quantitative estimate of drug-likeness (QED) is 0.475. The van der Waals surface area contributed by atoms with Gasteiger partial charge in [0, 0.05) is 25.2 Å². The second-order valence-electron chi connectivity index (χ2n) is 6.84. The molecule has 0 fully saturated rings. The van der Waals surface area contributed by atoms with Crippen LogP contribution in [0.5, 0.6) is 17.2 Å². The van der Waals surface area contributed by atoms with Crippen LogP contribution in [0.4, 0.5) is 0 Å². The first-order valence-electron chi connectivity index (χ1n) is 9.31. The number of para-hydroxylation sites is 1. The Bertz CT molecular complexity index is 869. The second-order valence-corrected chi connectivity index (χ2v) is 6.84. The predicted octanol–water partition coefficient (Wildman–Crippen LogP) is 3.85. The molecular weight excluding hydrogens is 370 g/mol. The van der Waals surface area contributed by atoms with Crippen LogP contribution < -0.4 is 14.2 Å². The summed E-state index contributed by atoms with van der Waals surface area (Å²) in [6.45, 7) is 3.82. The molecule has 0 spiro atoms. The van der Waals surface area contributed by atoms with Crippen molar-refractivity contribution in [1.29, 1.82) is 0 Å². The van der Waals surface area contributed by atoms with Gasteiger partial charge >= 0.3 is 0 Å². The molecule has 0 saturated carbocycles. The molecule has 1 amide bonds. The zero-order chi connectivity index (χ0) is 21.4. The summed E-state index contributed by atoms with van der Waals surface area (Å²) in [4.78, 5) is 25.5. The molecule has 2 rings (SSSR count). The van der Waals surface area contributed by atoms with Crippen LogP contribution >= 0.6 is 0 Å². The van der Waals surface area contributed by atoms with Crippen molar-refractivity contribution in [2.75, 3.05) is 27.8 Å². The number of likely N-dealkylation sites (N-methyl/N-ethyl adjacent to an activating group) is 1. The molecule has 0 atom stereocenters. The van der Waals surface area contributed by atoms with Crippen molar-refractivity contribution in [3.05, 3.63) is 59.7 Å². The molecule has 0 radical (unpaired) electrons. The number of allylic oxidation sites excluding steroid dienone is 1. The number of benzene rings is 2. The van der Waals surface area contributed by atoms with Crippen molar-refractivity contribution in [1.82, 2.24) is 4.90 Å². The van der Waals surface area contributed by atoms with Crippen LogP contribution in [-0.2, 0) is 4.79 Å². The molecule has 0 heterocycles. The number of nitrogens with zero attached hydrogens (tertiary/aromatic N) is 1. The molecule has 6 heteroatoms. The summed E-state index contributed by atoms with van der Waals surface area (Å²) in [5, 5.41) is 0. The lowest BCUT2D eigenvalue weighted by molar-refractivity contribution is -0.130. The van der Waals surface area contributed by atoms with Gasteiger partial charge in [0.2, 0.25) is 0 Å². The lowest BCUT2D eigenvalue weighted by atomic mass is 10.1. The standard InChI is InChI=1S/C23H27NO5/c1-16(2)29-23-18(7-6-8-21(23)27-5)11-14-20(25)17-9-12-19(13-10-17)28-15-22(26)24(3)4/h6-14,16H,15H2,1-5H3/b14-11+. The van der Waals surface area contributed by atoms with E-state index in [9.17, 15) is 9.59 Å². The van der Waals surface area contributed by atoms with Crippen molar-refractivity contribution >= 4 is 17.8 Å². The Hall–Kier alpha value is -3.28. The molecule has 6 nitrogen and oxygen atoms in total. The van der Waals surface area contributed by atoms with E-state index in [-0.39, 0.29) is 24.4 Å². The first-order valence-corrected chi connectivity index (χ1v) is 9.31. The minimum absolute atomic E-state index is 0.0268. The maximum Gasteiger partial charge on any atom is 0.259 e. The largest absolute Gasteiger partial charge is 0.493 e. The van der Waals surface area contributed by atoms with Gasteiger partial charge in [-0.1, -0.05) is 12.1 Å². The Morgan fingerprint density at radius 3 is 2.34 bits per heavy atom. The Morgan fingerprint density at radius 2 is 1.76 bits per heavy atom. The van der Waals surface area contributed by atoms with Crippen molar-refractivity contribution in [2.24, 2.45) is 0 Å². The fraction of sp³-hybridized carbons (Fsp3) is 0.304. The van der Waals surface area contributed by atoms with E-state index < -0.39 is 0 Å². The van der Waals surface area contributed by atoms with Gasteiger partial charge in [-0.2, -0.15) is 0 Å². The number of rotatable bonds is 9. The average molecular weight is 397 g/mol. The number of carbonyl (C=O) groups excluding carboxylic acids is 2. The fourth-order valence-electron chi connectivity index (χ4n) is 2.44. The van der Waals surface area contributed by atoms with Crippen LogP contribution in [0.25, 0.3) is 6.08 Å². The van der Waals surface area contributed by atoms with Gasteiger partial charge in [-0.05, 0) is 56.3 Å². The van der Waals surface area contributed by atoms with Gasteiger partial charge in [-0.3, -0.25) is 9.59 Å². The van der Waals surface area contributed by atoms with E-state index in [1.807, 2.05) is 32.0 Å². The van der Waals surface area contributed by atoms with Crippen LogP contribution in [-0.4, -0.2) is 50.5 Å². The molecule has 2 aromatic carbocycles. The normalized spacial score (nSPS) is 10.8. The summed E-state index contributed by atoms with van der Waals surface area (Å²) in [6.07, 6.45) is 3.18. The van der Waals surface area contributed by atoms with Crippen molar-refractivity contribution < 1.29 is 23.8 Å². The predicted molar refractivity (Wildman–Crippen MR) is 113 cm³/mol. The summed E-state index contributed by atoms with van der Waals surface area (Å²) in [5.41, 5.74) is 1.27. The van der Waals surface area contributed by atoms with E-state index >= 15 is 0 Å². The Balaban J connectivity index is 2.10. The molecule has 29 heavy (non-hydrogen) atoms. The third-order valence-corrected chi connectivity index (χ3v) is 4.00. The Labute approximate surface area is 171 Å². The molecule has 0 aliphatic rings. The molecule has 0 bridgehead atoms. The van der Waals surface area contributed by atoms with Crippen molar-refractivity contribution in [3.63, 3.8) is 0 Å². The maximum atomic E-state index is 12.5. The second kappa shape index (κ2) is 10.3. The zero-order valence-electron chi connectivity index (χ0n) is 17.5. The number of hydrogen-bond acceptors (Lipinski definition) is 5. The highest BCUT2D eigenvalue weighted by Crippen LogP contribution is 2.33. The number of ether oxygens (including phenoxy) is 3. The number of ketones is 1. The SMILES string of the molecule is COc1cccc(/C=C/C(=O)c2ccc(OCC(=O)N(C)C)cc2)c1OC(C)C. The molecule has 0 aliphatic heterocycles. The van der Waals surface area contributed by atoms with Gasteiger partial charge in [0.15, 0.2) is 23.9 Å². The highest BCUT2D eigenvalue weighted by atomic mass is 16.5. The Kier molecular flexibility index (Phi) is 7.83. The summed E-state index contributed by atoms with van der Waals surface area (Å²) >= 11 is 0. The molecule has 0 aromatic heterocycles. The van der Waals surface area contributed by atoms with E-state index in [0.29, 0.717) is 22.8 Å². The summed E-state index contributed by atoms with van der Waals surface area (Å²) in [6, 6.07) is 12.2. The van der Waals surface area contributed by atoms with E-state index in [1.54, 1.807) is 51.5 Å². The maximum absolute atomic E-state index is 12.5. The molecule has 2 aromatic rings. The van der Waals surface area contributed by atoms with Gasteiger partial charge < -0.3 is 19.1 Å². The molecular formula is C23H27NO5. The Morgan fingerprint density at radius 1 is 1.07 bits per heavy atom. The fourth-order valence-corrected chi connectivity index (χ4v) is 2.44. The van der Waals surface area contributed by atoms with Gasteiger partial charge in [-0.15, -0.1) is 0 Å².